The highest BCUT2D eigenvalue weighted by Crippen LogP contribution is 2.23. The molecular formula is C12H24O3. The monoisotopic (exact) mass is 216 g/mol. The van der Waals surface area contributed by atoms with E-state index in [0.29, 0.717) is 12.7 Å². The van der Waals surface area contributed by atoms with Gasteiger partial charge in [0.1, 0.15) is 0 Å². The molecule has 1 aliphatic rings. The van der Waals surface area contributed by atoms with Crippen LogP contribution in [0, 0.1) is 0 Å². The molecule has 90 valence electrons. The largest absolute Gasteiger partial charge is 0.390 e. The van der Waals surface area contributed by atoms with Crippen LogP contribution in [0.2, 0.25) is 0 Å². The first-order valence-electron chi connectivity index (χ1n) is 6.06. The summed E-state index contributed by atoms with van der Waals surface area (Å²) in [7, 11) is 0. The van der Waals surface area contributed by atoms with Gasteiger partial charge in [-0.1, -0.05) is 13.3 Å². The molecule has 2 atom stereocenters. The van der Waals surface area contributed by atoms with Gasteiger partial charge in [0, 0.05) is 13.2 Å². The summed E-state index contributed by atoms with van der Waals surface area (Å²) in [6.07, 6.45) is 5.20. The zero-order valence-corrected chi connectivity index (χ0v) is 10.00. The lowest BCUT2D eigenvalue weighted by Crippen LogP contribution is -2.26. The van der Waals surface area contributed by atoms with E-state index >= 15 is 0 Å². The molecule has 2 unspecified atom stereocenters. The number of hydrogen-bond acceptors (Lipinski definition) is 3. The zero-order chi connectivity index (χ0) is 11.1. The van der Waals surface area contributed by atoms with Gasteiger partial charge in [0.2, 0.25) is 0 Å². The van der Waals surface area contributed by atoms with Crippen molar-refractivity contribution >= 4 is 0 Å². The first-order chi connectivity index (χ1) is 7.14. The molecule has 0 aromatic heterocycles. The Bertz CT molecular complexity index is 164. The van der Waals surface area contributed by atoms with E-state index in [2.05, 4.69) is 6.92 Å². The minimum Gasteiger partial charge on any atom is -0.390 e. The Morgan fingerprint density at radius 2 is 2.13 bits per heavy atom. The van der Waals surface area contributed by atoms with E-state index in [9.17, 15) is 5.11 Å². The van der Waals surface area contributed by atoms with E-state index < -0.39 is 5.60 Å². The summed E-state index contributed by atoms with van der Waals surface area (Å²) < 4.78 is 10.6. The van der Waals surface area contributed by atoms with Gasteiger partial charge < -0.3 is 14.6 Å². The molecule has 1 saturated heterocycles. The maximum absolute atomic E-state index is 10.0. The zero-order valence-electron chi connectivity index (χ0n) is 10.00. The van der Waals surface area contributed by atoms with Gasteiger partial charge in [0.25, 0.3) is 0 Å². The lowest BCUT2D eigenvalue weighted by molar-refractivity contribution is 0.00481. The molecule has 0 amide bonds. The standard InChI is InChI=1S/C12H24O3/c1-3-4-8-14-9-7-12(2,13)6-5-11-10-15-11/h11,13H,3-10H2,1-2H3. The summed E-state index contributed by atoms with van der Waals surface area (Å²) in [5.74, 6) is 0. The van der Waals surface area contributed by atoms with Crippen LogP contribution >= 0.6 is 0 Å². The number of rotatable bonds is 9. The first-order valence-corrected chi connectivity index (χ1v) is 6.06. The highest BCUT2D eigenvalue weighted by Gasteiger charge is 2.27. The SMILES string of the molecule is CCCCOCCC(C)(O)CCC1CO1. The maximum Gasteiger partial charge on any atom is 0.0811 e. The van der Waals surface area contributed by atoms with Crippen molar-refractivity contribution in [2.24, 2.45) is 0 Å². The van der Waals surface area contributed by atoms with Crippen molar-refractivity contribution in [1.29, 1.82) is 0 Å². The van der Waals surface area contributed by atoms with Gasteiger partial charge >= 0.3 is 0 Å². The Labute approximate surface area is 92.8 Å². The Kier molecular flexibility index (Phi) is 5.58. The molecule has 0 saturated carbocycles. The van der Waals surface area contributed by atoms with Crippen molar-refractivity contribution in [2.75, 3.05) is 19.8 Å². The van der Waals surface area contributed by atoms with Crippen LogP contribution in [0.3, 0.4) is 0 Å². The van der Waals surface area contributed by atoms with Gasteiger partial charge in [-0.3, -0.25) is 0 Å². The molecular weight excluding hydrogens is 192 g/mol. The normalized spacial score (nSPS) is 23.8. The van der Waals surface area contributed by atoms with Gasteiger partial charge in [0.05, 0.1) is 18.3 Å². The summed E-state index contributed by atoms with van der Waals surface area (Å²) in [4.78, 5) is 0. The lowest BCUT2D eigenvalue weighted by atomic mass is 9.96. The summed E-state index contributed by atoms with van der Waals surface area (Å²) in [6.45, 7) is 6.40. The second kappa shape index (κ2) is 6.46. The number of aliphatic hydroxyl groups is 1. The first kappa shape index (κ1) is 12.9. The molecule has 0 spiro atoms. The molecule has 15 heavy (non-hydrogen) atoms. The fraction of sp³-hybridized carbons (Fsp3) is 1.00. The van der Waals surface area contributed by atoms with Crippen molar-refractivity contribution in [3.05, 3.63) is 0 Å². The van der Waals surface area contributed by atoms with Crippen molar-refractivity contribution in [3.8, 4) is 0 Å². The summed E-state index contributed by atoms with van der Waals surface area (Å²) in [5.41, 5.74) is -0.585. The predicted octanol–water partition coefficient (Wildman–Crippen LogP) is 2.12. The summed E-state index contributed by atoms with van der Waals surface area (Å²) in [5, 5.41) is 10.0. The summed E-state index contributed by atoms with van der Waals surface area (Å²) >= 11 is 0. The third-order valence-corrected chi connectivity index (χ3v) is 2.83. The minimum absolute atomic E-state index is 0.414. The molecule has 1 aliphatic heterocycles. The molecule has 0 aromatic rings. The van der Waals surface area contributed by atoms with E-state index in [1.165, 1.54) is 0 Å². The molecule has 3 nitrogen and oxygen atoms in total. The fourth-order valence-corrected chi connectivity index (χ4v) is 1.47. The van der Waals surface area contributed by atoms with E-state index in [-0.39, 0.29) is 0 Å². The van der Waals surface area contributed by atoms with Crippen LogP contribution in [-0.2, 0) is 9.47 Å². The van der Waals surface area contributed by atoms with Crippen molar-refractivity contribution < 1.29 is 14.6 Å². The fourth-order valence-electron chi connectivity index (χ4n) is 1.47. The number of epoxide rings is 1. The van der Waals surface area contributed by atoms with Gasteiger partial charge in [-0.15, -0.1) is 0 Å². The van der Waals surface area contributed by atoms with Crippen LogP contribution in [0.1, 0.15) is 46.0 Å². The van der Waals surface area contributed by atoms with E-state index in [1.54, 1.807) is 0 Å². The van der Waals surface area contributed by atoms with Gasteiger partial charge in [-0.25, -0.2) is 0 Å². The molecule has 0 aliphatic carbocycles. The minimum atomic E-state index is -0.585. The second-order valence-corrected chi connectivity index (χ2v) is 4.71. The molecule has 1 rings (SSSR count). The average Bonchev–Trinajstić information content (AvgIpc) is 2.98. The van der Waals surface area contributed by atoms with E-state index in [4.69, 9.17) is 9.47 Å². The van der Waals surface area contributed by atoms with Gasteiger partial charge in [-0.05, 0) is 32.6 Å². The molecule has 0 radical (unpaired) electrons. The highest BCUT2D eigenvalue weighted by atomic mass is 16.6. The Hall–Kier alpha value is -0.120. The van der Waals surface area contributed by atoms with Crippen LogP contribution < -0.4 is 0 Å². The topological polar surface area (TPSA) is 42.0 Å². The van der Waals surface area contributed by atoms with Crippen LogP contribution in [0.5, 0.6) is 0 Å². The Balaban J connectivity index is 1.95. The number of unbranched alkanes of at least 4 members (excludes halogenated alkanes) is 1. The number of hydrogen-bond donors (Lipinski definition) is 1. The lowest BCUT2D eigenvalue weighted by Gasteiger charge is -2.22. The van der Waals surface area contributed by atoms with Crippen LogP contribution in [0.15, 0.2) is 0 Å². The molecule has 3 heteroatoms. The molecule has 1 N–H and O–H groups in total. The van der Waals surface area contributed by atoms with Crippen molar-refractivity contribution in [1.82, 2.24) is 0 Å². The highest BCUT2D eigenvalue weighted by molar-refractivity contribution is 4.78. The average molecular weight is 216 g/mol. The van der Waals surface area contributed by atoms with Crippen LogP contribution in [0.25, 0.3) is 0 Å². The molecule has 1 heterocycles. The van der Waals surface area contributed by atoms with Crippen molar-refractivity contribution in [2.45, 2.75) is 57.7 Å². The third-order valence-electron chi connectivity index (χ3n) is 2.83. The molecule has 0 aromatic carbocycles. The quantitative estimate of drug-likeness (QED) is 0.474. The Morgan fingerprint density at radius 3 is 2.73 bits per heavy atom. The van der Waals surface area contributed by atoms with Crippen molar-refractivity contribution in [3.63, 3.8) is 0 Å². The van der Waals surface area contributed by atoms with Gasteiger partial charge in [0.15, 0.2) is 0 Å². The molecule has 0 bridgehead atoms. The Morgan fingerprint density at radius 1 is 1.40 bits per heavy atom. The van der Waals surface area contributed by atoms with Crippen LogP contribution in [-0.4, -0.2) is 36.6 Å². The second-order valence-electron chi connectivity index (χ2n) is 4.71. The van der Waals surface area contributed by atoms with Gasteiger partial charge in [-0.2, -0.15) is 0 Å². The smallest absolute Gasteiger partial charge is 0.0811 e. The number of ether oxygens (including phenoxy) is 2. The summed E-state index contributed by atoms with van der Waals surface area (Å²) in [6, 6.07) is 0. The predicted molar refractivity (Wildman–Crippen MR) is 59.9 cm³/mol. The molecule has 1 fully saturated rings. The van der Waals surface area contributed by atoms with E-state index in [1.807, 2.05) is 6.92 Å². The van der Waals surface area contributed by atoms with E-state index in [0.717, 1.165) is 45.3 Å². The van der Waals surface area contributed by atoms with Crippen LogP contribution in [0.4, 0.5) is 0 Å². The maximum atomic E-state index is 10.0. The third kappa shape index (κ3) is 6.88.